The number of hydrogen-bond acceptors (Lipinski definition) is 2. The van der Waals surface area contributed by atoms with E-state index in [1.54, 1.807) is 30.3 Å². The van der Waals surface area contributed by atoms with Crippen LogP contribution in [0.3, 0.4) is 0 Å². The minimum Gasteiger partial charge on any atom is -0.323 e. The summed E-state index contributed by atoms with van der Waals surface area (Å²) in [6.45, 7) is 1.93. The second-order valence-corrected chi connectivity index (χ2v) is 6.15. The van der Waals surface area contributed by atoms with Crippen molar-refractivity contribution in [2.45, 2.75) is 23.5 Å². The predicted octanol–water partition coefficient (Wildman–Crippen LogP) is 4.99. The summed E-state index contributed by atoms with van der Waals surface area (Å²) < 4.78 is 13.6. The van der Waals surface area contributed by atoms with E-state index in [1.807, 2.05) is 19.1 Å². The third-order valence-electron chi connectivity index (χ3n) is 2.89. The van der Waals surface area contributed by atoms with E-state index < -0.39 is 5.82 Å². The van der Waals surface area contributed by atoms with Crippen molar-refractivity contribution in [2.75, 3.05) is 5.32 Å². The number of anilines is 1. The fourth-order valence-corrected chi connectivity index (χ4v) is 2.86. The zero-order chi connectivity index (χ0) is 15.2. The molecule has 2 aromatic carbocycles. The maximum Gasteiger partial charge on any atom is 0.237 e. The second kappa shape index (κ2) is 7.48. The molecule has 0 aliphatic carbocycles. The molecule has 0 spiro atoms. The molecule has 0 heterocycles. The molecule has 1 N–H and O–H groups in total. The molecule has 0 radical (unpaired) electrons. The number of halogens is 2. The van der Waals surface area contributed by atoms with Crippen LogP contribution in [0, 0.1) is 5.82 Å². The van der Waals surface area contributed by atoms with Gasteiger partial charge in [-0.25, -0.2) is 4.39 Å². The van der Waals surface area contributed by atoms with Crippen molar-refractivity contribution < 1.29 is 9.18 Å². The van der Waals surface area contributed by atoms with Crippen molar-refractivity contribution in [1.29, 1.82) is 0 Å². The highest BCUT2D eigenvalue weighted by Crippen LogP contribution is 2.27. The first-order valence-corrected chi connectivity index (χ1v) is 7.83. The van der Waals surface area contributed by atoms with E-state index in [-0.39, 0.29) is 16.8 Å². The fraction of sp³-hybridized carbons (Fsp3) is 0.188. The maximum atomic E-state index is 13.6. The highest BCUT2D eigenvalue weighted by molar-refractivity contribution is 8.00. The number of hydrogen-bond donors (Lipinski definition) is 1. The molecule has 0 aliphatic heterocycles. The van der Waals surface area contributed by atoms with Gasteiger partial charge >= 0.3 is 0 Å². The molecule has 5 heteroatoms. The molecular formula is C16H15ClFNOS. The van der Waals surface area contributed by atoms with Crippen LogP contribution in [-0.4, -0.2) is 11.2 Å². The Hall–Kier alpha value is -1.52. The van der Waals surface area contributed by atoms with Gasteiger partial charge in [-0.2, -0.15) is 0 Å². The van der Waals surface area contributed by atoms with Gasteiger partial charge in [0, 0.05) is 9.92 Å². The molecule has 1 amide bonds. The SMILES string of the molecule is CC[C@H](Sc1ccc(Cl)cc1)C(=O)Nc1ccccc1F. The van der Waals surface area contributed by atoms with Crippen molar-refractivity contribution in [3.05, 3.63) is 59.4 Å². The van der Waals surface area contributed by atoms with E-state index in [9.17, 15) is 9.18 Å². The average molecular weight is 324 g/mol. The minimum atomic E-state index is -0.433. The van der Waals surface area contributed by atoms with Crippen molar-refractivity contribution in [2.24, 2.45) is 0 Å². The minimum absolute atomic E-state index is 0.206. The molecule has 0 bridgehead atoms. The number of rotatable bonds is 5. The summed E-state index contributed by atoms with van der Waals surface area (Å²) in [5.41, 5.74) is 0.206. The molecule has 0 unspecified atom stereocenters. The number of para-hydroxylation sites is 1. The molecule has 21 heavy (non-hydrogen) atoms. The van der Waals surface area contributed by atoms with Gasteiger partial charge in [-0.3, -0.25) is 4.79 Å². The standard InChI is InChI=1S/C16H15ClFNOS/c1-2-15(21-12-9-7-11(17)8-10-12)16(20)19-14-6-4-3-5-13(14)18/h3-10,15H,2H2,1H3,(H,19,20)/t15-/m0/s1. The van der Waals surface area contributed by atoms with E-state index in [0.717, 1.165) is 4.90 Å². The zero-order valence-electron chi connectivity index (χ0n) is 11.5. The van der Waals surface area contributed by atoms with Crippen LogP contribution in [0.2, 0.25) is 5.02 Å². The summed E-state index contributed by atoms with van der Waals surface area (Å²) in [5.74, 6) is -0.639. The average Bonchev–Trinajstić information content (AvgIpc) is 2.49. The lowest BCUT2D eigenvalue weighted by Crippen LogP contribution is -2.25. The van der Waals surface area contributed by atoms with E-state index >= 15 is 0 Å². The van der Waals surface area contributed by atoms with Gasteiger partial charge in [-0.15, -0.1) is 11.8 Å². The number of thioether (sulfide) groups is 1. The van der Waals surface area contributed by atoms with E-state index in [2.05, 4.69) is 5.32 Å². The number of amides is 1. The van der Waals surface area contributed by atoms with Crippen molar-refractivity contribution >= 4 is 35.0 Å². The summed E-state index contributed by atoms with van der Waals surface area (Å²) in [6, 6.07) is 13.4. The molecule has 0 aromatic heterocycles. The third-order valence-corrected chi connectivity index (χ3v) is 4.52. The summed E-state index contributed by atoms with van der Waals surface area (Å²) in [4.78, 5) is 13.2. The van der Waals surface area contributed by atoms with Gasteiger partial charge in [0.1, 0.15) is 5.82 Å². The Morgan fingerprint density at radius 1 is 1.24 bits per heavy atom. The summed E-state index contributed by atoms with van der Waals surface area (Å²) in [6.07, 6.45) is 0.646. The molecular weight excluding hydrogens is 309 g/mol. The predicted molar refractivity (Wildman–Crippen MR) is 86.4 cm³/mol. The van der Waals surface area contributed by atoms with E-state index in [1.165, 1.54) is 17.8 Å². The zero-order valence-corrected chi connectivity index (χ0v) is 13.0. The molecule has 0 saturated heterocycles. The Morgan fingerprint density at radius 2 is 1.90 bits per heavy atom. The quantitative estimate of drug-likeness (QED) is 0.785. The molecule has 110 valence electrons. The van der Waals surface area contributed by atoms with Gasteiger partial charge in [-0.05, 0) is 42.8 Å². The Balaban J connectivity index is 2.05. The van der Waals surface area contributed by atoms with Crippen LogP contribution < -0.4 is 5.32 Å². The first kappa shape index (κ1) is 15.9. The molecule has 0 saturated carbocycles. The number of carbonyl (C=O) groups is 1. The first-order chi connectivity index (χ1) is 10.1. The normalized spacial score (nSPS) is 12.0. The summed E-state index contributed by atoms with van der Waals surface area (Å²) >= 11 is 7.28. The molecule has 0 fully saturated rings. The van der Waals surface area contributed by atoms with Crippen LogP contribution in [0.1, 0.15) is 13.3 Å². The molecule has 1 atom stereocenters. The largest absolute Gasteiger partial charge is 0.323 e. The van der Waals surface area contributed by atoms with Gasteiger partial charge in [0.15, 0.2) is 0 Å². The highest BCUT2D eigenvalue weighted by Gasteiger charge is 2.19. The van der Waals surface area contributed by atoms with Crippen LogP contribution in [0.4, 0.5) is 10.1 Å². The van der Waals surface area contributed by atoms with Gasteiger partial charge in [0.2, 0.25) is 5.91 Å². The van der Waals surface area contributed by atoms with Crippen LogP contribution >= 0.6 is 23.4 Å². The van der Waals surface area contributed by atoms with Gasteiger partial charge in [-0.1, -0.05) is 30.7 Å². The molecule has 2 aromatic rings. The summed E-state index contributed by atoms with van der Waals surface area (Å²) in [5, 5.41) is 3.00. The number of carbonyl (C=O) groups excluding carboxylic acids is 1. The molecule has 2 nitrogen and oxygen atoms in total. The Morgan fingerprint density at radius 3 is 2.52 bits per heavy atom. The van der Waals surface area contributed by atoms with Gasteiger partial charge in [0.05, 0.1) is 10.9 Å². The third kappa shape index (κ3) is 4.48. The van der Waals surface area contributed by atoms with Crippen LogP contribution in [-0.2, 0) is 4.79 Å². The Kier molecular flexibility index (Phi) is 5.65. The van der Waals surface area contributed by atoms with Crippen LogP contribution in [0.15, 0.2) is 53.4 Å². The van der Waals surface area contributed by atoms with E-state index in [0.29, 0.717) is 11.4 Å². The topological polar surface area (TPSA) is 29.1 Å². The van der Waals surface area contributed by atoms with E-state index in [4.69, 9.17) is 11.6 Å². The van der Waals surface area contributed by atoms with Crippen LogP contribution in [0.25, 0.3) is 0 Å². The first-order valence-electron chi connectivity index (χ1n) is 6.57. The lowest BCUT2D eigenvalue weighted by atomic mass is 10.2. The van der Waals surface area contributed by atoms with Crippen LogP contribution in [0.5, 0.6) is 0 Å². The lowest BCUT2D eigenvalue weighted by molar-refractivity contribution is -0.115. The van der Waals surface area contributed by atoms with Crippen molar-refractivity contribution in [1.82, 2.24) is 0 Å². The maximum absolute atomic E-state index is 13.6. The fourth-order valence-electron chi connectivity index (χ4n) is 1.78. The van der Waals surface area contributed by atoms with Gasteiger partial charge in [0.25, 0.3) is 0 Å². The Bertz CT molecular complexity index is 618. The Labute approximate surface area is 132 Å². The molecule has 2 rings (SSSR count). The monoisotopic (exact) mass is 323 g/mol. The lowest BCUT2D eigenvalue weighted by Gasteiger charge is -2.15. The second-order valence-electron chi connectivity index (χ2n) is 4.44. The van der Waals surface area contributed by atoms with Gasteiger partial charge < -0.3 is 5.32 Å². The number of benzene rings is 2. The van der Waals surface area contributed by atoms with Crippen molar-refractivity contribution in [3.8, 4) is 0 Å². The molecule has 0 aliphatic rings. The smallest absolute Gasteiger partial charge is 0.237 e. The highest BCUT2D eigenvalue weighted by atomic mass is 35.5. The summed E-state index contributed by atoms with van der Waals surface area (Å²) in [7, 11) is 0. The van der Waals surface area contributed by atoms with Crippen molar-refractivity contribution in [3.63, 3.8) is 0 Å². The number of nitrogens with one attached hydrogen (secondary N) is 1.